The molecular weight excluding hydrogens is 324 g/mol. The number of nitrogens with zero attached hydrogens (tertiary/aromatic N) is 1. The van der Waals surface area contributed by atoms with Crippen molar-refractivity contribution in [2.75, 3.05) is 13.1 Å². The first-order valence-corrected chi connectivity index (χ1v) is 6.93. The molecule has 0 radical (unpaired) electrons. The Hall–Kier alpha value is -0.660. The third-order valence-electron chi connectivity index (χ3n) is 2.93. The Kier molecular flexibility index (Phi) is 7.32. The van der Waals surface area contributed by atoms with E-state index in [1.807, 2.05) is 0 Å². The summed E-state index contributed by atoms with van der Waals surface area (Å²) in [5.41, 5.74) is 0. The van der Waals surface area contributed by atoms with E-state index in [0.29, 0.717) is 30.6 Å². The van der Waals surface area contributed by atoms with Crippen LogP contribution in [0.4, 0.5) is 26.3 Å². The van der Waals surface area contributed by atoms with Gasteiger partial charge in [0.1, 0.15) is 0 Å². The van der Waals surface area contributed by atoms with Gasteiger partial charge in [0.15, 0.2) is 0 Å². The number of carbonyl (C=O) groups is 1. The SMILES string of the molecule is CCCCN(CCCC)C(=O)C(Cl)(C(F)(F)F)C(F)(F)F. The molecule has 0 aliphatic carbocycles. The lowest BCUT2D eigenvalue weighted by Gasteiger charge is -2.35. The Bertz CT molecular complexity index is 320. The average Bonchev–Trinajstić information content (AvgIpc) is 2.34. The van der Waals surface area contributed by atoms with Gasteiger partial charge in [0, 0.05) is 13.1 Å². The van der Waals surface area contributed by atoms with Gasteiger partial charge in [-0.2, -0.15) is 26.3 Å². The predicted molar refractivity (Wildman–Crippen MR) is 67.1 cm³/mol. The third kappa shape index (κ3) is 4.66. The second-order valence-corrected chi connectivity index (χ2v) is 5.22. The number of amides is 1. The summed E-state index contributed by atoms with van der Waals surface area (Å²) in [5, 5.41) is 0. The molecule has 0 heterocycles. The fraction of sp³-hybridized carbons (Fsp3) is 0.917. The number of carbonyl (C=O) groups excluding carboxylic acids is 1. The highest BCUT2D eigenvalue weighted by molar-refractivity contribution is 6.36. The van der Waals surface area contributed by atoms with Crippen molar-refractivity contribution in [3.63, 3.8) is 0 Å². The minimum Gasteiger partial charge on any atom is -0.341 e. The van der Waals surface area contributed by atoms with E-state index in [-0.39, 0.29) is 13.1 Å². The fourth-order valence-electron chi connectivity index (χ4n) is 1.63. The van der Waals surface area contributed by atoms with Crippen molar-refractivity contribution in [2.24, 2.45) is 0 Å². The second-order valence-electron chi connectivity index (χ2n) is 4.65. The minimum atomic E-state index is -5.92. The molecule has 21 heavy (non-hydrogen) atoms. The van der Waals surface area contributed by atoms with Gasteiger partial charge < -0.3 is 4.90 Å². The molecule has 0 aliphatic heterocycles. The van der Waals surface area contributed by atoms with E-state index in [9.17, 15) is 31.1 Å². The van der Waals surface area contributed by atoms with Crippen molar-refractivity contribution >= 4 is 17.5 Å². The van der Waals surface area contributed by atoms with E-state index in [2.05, 4.69) is 0 Å². The van der Waals surface area contributed by atoms with E-state index < -0.39 is 23.1 Å². The molecule has 0 aliphatic rings. The standard InChI is InChI=1S/C12H18ClF6NO/c1-3-5-7-20(8-6-4-2)9(21)10(13,11(14,15)16)12(17,18)19/h3-8H2,1-2H3. The van der Waals surface area contributed by atoms with Crippen molar-refractivity contribution < 1.29 is 31.1 Å². The molecule has 0 saturated carbocycles. The monoisotopic (exact) mass is 341 g/mol. The molecule has 0 bridgehead atoms. The first-order valence-electron chi connectivity index (χ1n) is 6.55. The van der Waals surface area contributed by atoms with Gasteiger partial charge in [-0.1, -0.05) is 38.3 Å². The summed E-state index contributed by atoms with van der Waals surface area (Å²) in [6.07, 6.45) is -10.2. The summed E-state index contributed by atoms with van der Waals surface area (Å²) in [4.78, 5) is 7.49. The molecule has 0 aromatic rings. The van der Waals surface area contributed by atoms with Crippen LogP contribution in [0.3, 0.4) is 0 Å². The molecule has 2 nitrogen and oxygen atoms in total. The highest BCUT2D eigenvalue weighted by Gasteiger charge is 2.75. The number of hydrogen-bond donors (Lipinski definition) is 0. The van der Waals surface area contributed by atoms with Crippen molar-refractivity contribution in [2.45, 2.75) is 56.8 Å². The van der Waals surface area contributed by atoms with Gasteiger partial charge in [0.25, 0.3) is 5.91 Å². The van der Waals surface area contributed by atoms with Crippen LogP contribution < -0.4 is 0 Å². The van der Waals surface area contributed by atoms with Crippen LogP contribution in [0.1, 0.15) is 39.5 Å². The van der Waals surface area contributed by atoms with Gasteiger partial charge in [-0.05, 0) is 12.8 Å². The molecule has 0 fully saturated rings. The summed E-state index contributed by atoms with van der Waals surface area (Å²) in [6.45, 7) is 3.06. The molecule has 0 aromatic heterocycles. The summed E-state index contributed by atoms with van der Waals surface area (Å²) >= 11 is 4.75. The Morgan fingerprint density at radius 3 is 1.48 bits per heavy atom. The zero-order chi connectivity index (χ0) is 16.9. The van der Waals surface area contributed by atoms with Crippen LogP contribution in [0.5, 0.6) is 0 Å². The number of unbranched alkanes of at least 4 members (excludes halogenated alkanes) is 2. The van der Waals surface area contributed by atoms with E-state index in [0.717, 1.165) is 0 Å². The first-order chi connectivity index (χ1) is 9.43. The van der Waals surface area contributed by atoms with E-state index in [1.165, 1.54) is 0 Å². The minimum absolute atomic E-state index is 0.185. The highest BCUT2D eigenvalue weighted by atomic mass is 35.5. The lowest BCUT2D eigenvalue weighted by Crippen LogP contribution is -2.62. The van der Waals surface area contributed by atoms with Crippen LogP contribution in [-0.2, 0) is 4.79 Å². The van der Waals surface area contributed by atoms with Gasteiger partial charge in [0.05, 0.1) is 0 Å². The lowest BCUT2D eigenvalue weighted by atomic mass is 10.0. The van der Waals surface area contributed by atoms with Crippen LogP contribution in [0.25, 0.3) is 0 Å². The topological polar surface area (TPSA) is 20.3 Å². The number of alkyl halides is 7. The largest absolute Gasteiger partial charge is 0.425 e. The first kappa shape index (κ1) is 20.3. The predicted octanol–water partition coefficient (Wildman–Crippen LogP) is 4.52. The smallest absolute Gasteiger partial charge is 0.341 e. The molecule has 0 atom stereocenters. The Morgan fingerprint density at radius 1 is 0.905 bits per heavy atom. The molecule has 0 saturated heterocycles. The second kappa shape index (κ2) is 7.56. The lowest BCUT2D eigenvalue weighted by molar-refractivity contribution is -0.263. The Balaban J connectivity index is 5.50. The van der Waals surface area contributed by atoms with Crippen molar-refractivity contribution in [3.05, 3.63) is 0 Å². The highest BCUT2D eigenvalue weighted by Crippen LogP contribution is 2.49. The molecule has 0 rings (SSSR count). The summed E-state index contributed by atoms with van der Waals surface area (Å²) in [7, 11) is 0. The number of hydrogen-bond acceptors (Lipinski definition) is 1. The van der Waals surface area contributed by atoms with Gasteiger partial charge in [-0.3, -0.25) is 4.79 Å². The molecule has 0 unspecified atom stereocenters. The maximum Gasteiger partial charge on any atom is 0.425 e. The van der Waals surface area contributed by atoms with Crippen LogP contribution in [-0.4, -0.2) is 41.1 Å². The Labute approximate surface area is 124 Å². The maximum atomic E-state index is 12.8. The van der Waals surface area contributed by atoms with Crippen molar-refractivity contribution in [1.82, 2.24) is 4.90 Å². The van der Waals surface area contributed by atoms with Gasteiger partial charge >= 0.3 is 17.2 Å². The van der Waals surface area contributed by atoms with Crippen LogP contribution >= 0.6 is 11.6 Å². The maximum absolute atomic E-state index is 12.8. The molecule has 1 amide bonds. The zero-order valence-corrected chi connectivity index (χ0v) is 12.5. The van der Waals surface area contributed by atoms with E-state index in [1.54, 1.807) is 13.8 Å². The van der Waals surface area contributed by atoms with E-state index in [4.69, 9.17) is 11.6 Å². The van der Waals surface area contributed by atoms with Crippen molar-refractivity contribution in [1.29, 1.82) is 0 Å². The van der Waals surface area contributed by atoms with Crippen molar-refractivity contribution in [3.8, 4) is 0 Å². The summed E-state index contributed by atoms with van der Waals surface area (Å²) in [6, 6.07) is 0. The van der Waals surface area contributed by atoms with E-state index >= 15 is 0 Å². The molecule has 0 aromatic carbocycles. The summed E-state index contributed by atoms with van der Waals surface area (Å²) in [5.74, 6) is -2.15. The Morgan fingerprint density at radius 2 is 1.24 bits per heavy atom. The molecule has 0 spiro atoms. The number of rotatable bonds is 7. The van der Waals surface area contributed by atoms with Crippen LogP contribution in [0, 0.1) is 0 Å². The van der Waals surface area contributed by atoms with Gasteiger partial charge in [0.2, 0.25) is 0 Å². The normalized spacial score (nSPS) is 13.4. The van der Waals surface area contributed by atoms with Gasteiger partial charge in [-0.15, -0.1) is 0 Å². The van der Waals surface area contributed by atoms with Gasteiger partial charge in [-0.25, -0.2) is 0 Å². The molecule has 9 heteroatoms. The van der Waals surface area contributed by atoms with Crippen LogP contribution in [0.2, 0.25) is 0 Å². The number of halogens is 7. The average molecular weight is 342 g/mol. The zero-order valence-electron chi connectivity index (χ0n) is 11.7. The van der Waals surface area contributed by atoms with Crippen LogP contribution in [0.15, 0.2) is 0 Å². The third-order valence-corrected chi connectivity index (χ3v) is 3.52. The molecule has 126 valence electrons. The fourth-order valence-corrected chi connectivity index (χ4v) is 1.75. The molecule has 0 N–H and O–H groups in total. The molecular formula is C12H18ClF6NO. The quantitative estimate of drug-likeness (QED) is 0.492. The summed E-state index contributed by atoms with van der Waals surface area (Å²) < 4.78 is 76.5.